The zero-order valence-corrected chi connectivity index (χ0v) is 17.9. The minimum atomic E-state index is -0.844. The Morgan fingerprint density at radius 2 is 1.73 bits per heavy atom. The Bertz CT molecular complexity index is 877. The highest BCUT2D eigenvalue weighted by molar-refractivity contribution is 5.91. The minimum Gasteiger partial charge on any atom is -0.481 e. The summed E-state index contributed by atoms with van der Waals surface area (Å²) in [6.45, 7) is 6.48. The van der Waals surface area contributed by atoms with E-state index in [1.807, 2.05) is 24.3 Å². The minimum absolute atomic E-state index is 0.0411. The summed E-state index contributed by atoms with van der Waals surface area (Å²) in [5.41, 5.74) is 1.45. The zero-order chi connectivity index (χ0) is 21.8. The van der Waals surface area contributed by atoms with Crippen molar-refractivity contribution in [1.82, 2.24) is 4.98 Å². The van der Waals surface area contributed by atoms with Gasteiger partial charge in [0.1, 0.15) is 5.75 Å². The number of aromatic nitrogens is 1. The molecule has 0 saturated heterocycles. The first-order valence-corrected chi connectivity index (χ1v) is 10.4. The van der Waals surface area contributed by atoms with E-state index in [1.165, 1.54) is 5.56 Å². The van der Waals surface area contributed by atoms with Gasteiger partial charge in [0, 0.05) is 12.5 Å². The quantitative estimate of drug-likeness (QED) is 0.626. The molecular weight excluding hydrogens is 380 g/mol. The first-order valence-electron chi connectivity index (χ1n) is 10.4. The molecule has 1 aliphatic carbocycles. The van der Waals surface area contributed by atoms with Gasteiger partial charge in [-0.15, -0.1) is 0 Å². The molecule has 0 bridgehead atoms. The van der Waals surface area contributed by atoms with Crippen molar-refractivity contribution in [2.75, 3.05) is 5.32 Å². The normalized spacial score (nSPS) is 15.6. The molecule has 1 aromatic carbocycles. The summed E-state index contributed by atoms with van der Waals surface area (Å²) in [7, 11) is 0. The predicted molar refractivity (Wildman–Crippen MR) is 116 cm³/mol. The Labute approximate surface area is 177 Å². The van der Waals surface area contributed by atoms with Crippen molar-refractivity contribution < 1.29 is 19.4 Å². The molecule has 1 heterocycles. The molecule has 2 aromatic rings. The van der Waals surface area contributed by atoms with E-state index in [2.05, 4.69) is 31.1 Å². The number of carbonyl (C=O) groups is 2. The second-order valence-corrected chi connectivity index (χ2v) is 9.26. The van der Waals surface area contributed by atoms with E-state index in [1.54, 1.807) is 18.3 Å². The van der Waals surface area contributed by atoms with Crippen LogP contribution >= 0.6 is 0 Å². The topological polar surface area (TPSA) is 88.5 Å². The Hall–Kier alpha value is -2.89. The number of hydrogen-bond donors (Lipinski definition) is 2. The molecule has 30 heavy (non-hydrogen) atoms. The lowest BCUT2D eigenvalue weighted by atomic mass is 9.79. The first kappa shape index (κ1) is 21.8. The van der Waals surface area contributed by atoms with Crippen LogP contribution in [0.3, 0.4) is 0 Å². The van der Waals surface area contributed by atoms with Gasteiger partial charge in [-0.25, -0.2) is 4.98 Å². The highest BCUT2D eigenvalue weighted by Crippen LogP contribution is 2.44. The maximum absolute atomic E-state index is 12.5. The fourth-order valence-electron chi connectivity index (χ4n) is 4.07. The highest BCUT2D eigenvalue weighted by Gasteiger charge is 2.38. The molecule has 1 saturated carbocycles. The number of carboxylic acids is 1. The van der Waals surface area contributed by atoms with Gasteiger partial charge in [0.2, 0.25) is 11.8 Å². The third kappa shape index (κ3) is 5.81. The largest absolute Gasteiger partial charge is 0.481 e. The molecule has 1 aliphatic rings. The van der Waals surface area contributed by atoms with Crippen LogP contribution in [0.1, 0.15) is 64.9 Å². The van der Waals surface area contributed by atoms with Crippen LogP contribution in [0.5, 0.6) is 11.6 Å². The lowest BCUT2D eigenvalue weighted by Gasteiger charge is -2.26. The number of amides is 1. The van der Waals surface area contributed by atoms with Crippen LogP contribution in [-0.2, 0) is 15.0 Å². The Morgan fingerprint density at radius 3 is 2.27 bits per heavy atom. The van der Waals surface area contributed by atoms with E-state index in [-0.39, 0.29) is 24.2 Å². The fraction of sp³-hybridized carbons (Fsp3) is 0.458. The van der Waals surface area contributed by atoms with Crippen molar-refractivity contribution in [3.05, 3.63) is 48.2 Å². The zero-order valence-electron chi connectivity index (χ0n) is 17.9. The number of pyridine rings is 1. The summed E-state index contributed by atoms with van der Waals surface area (Å²) in [6.07, 6.45) is 5.33. The van der Waals surface area contributed by atoms with E-state index < -0.39 is 11.4 Å². The van der Waals surface area contributed by atoms with E-state index >= 15 is 0 Å². The van der Waals surface area contributed by atoms with Crippen LogP contribution in [0.25, 0.3) is 0 Å². The van der Waals surface area contributed by atoms with Gasteiger partial charge in [0.25, 0.3) is 0 Å². The molecule has 0 radical (unpaired) electrons. The monoisotopic (exact) mass is 410 g/mol. The summed E-state index contributed by atoms with van der Waals surface area (Å²) >= 11 is 0. The van der Waals surface area contributed by atoms with Crippen molar-refractivity contribution in [2.45, 2.75) is 64.7 Å². The van der Waals surface area contributed by atoms with Crippen molar-refractivity contribution in [3.8, 4) is 11.6 Å². The second kappa shape index (κ2) is 8.86. The average molecular weight is 411 g/mol. The fourth-order valence-corrected chi connectivity index (χ4v) is 4.07. The maximum Gasteiger partial charge on any atom is 0.303 e. The van der Waals surface area contributed by atoms with Crippen LogP contribution in [0.4, 0.5) is 5.69 Å². The molecule has 1 amide bonds. The van der Waals surface area contributed by atoms with Gasteiger partial charge in [0.05, 0.1) is 18.3 Å². The van der Waals surface area contributed by atoms with Gasteiger partial charge in [-0.05, 0) is 47.4 Å². The molecule has 160 valence electrons. The van der Waals surface area contributed by atoms with Crippen molar-refractivity contribution in [1.29, 1.82) is 0 Å². The molecule has 0 unspecified atom stereocenters. The summed E-state index contributed by atoms with van der Waals surface area (Å²) < 4.78 is 5.78. The smallest absolute Gasteiger partial charge is 0.303 e. The maximum atomic E-state index is 12.5. The van der Waals surface area contributed by atoms with Gasteiger partial charge in [0.15, 0.2) is 0 Å². The molecule has 0 atom stereocenters. The third-order valence-electron chi connectivity index (χ3n) is 5.69. The summed E-state index contributed by atoms with van der Waals surface area (Å²) in [5.74, 6) is 0.119. The first-order chi connectivity index (χ1) is 14.2. The Balaban J connectivity index is 1.57. The lowest BCUT2D eigenvalue weighted by molar-refractivity contribution is -0.140. The van der Waals surface area contributed by atoms with Crippen LogP contribution in [0.15, 0.2) is 42.6 Å². The van der Waals surface area contributed by atoms with Crippen molar-refractivity contribution in [2.24, 2.45) is 5.41 Å². The van der Waals surface area contributed by atoms with Gasteiger partial charge < -0.3 is 15.2 Å². The lowest BCUT2D eigenvalue weighted by Crippen LogP contribution is -2.27. The van der Waals surface area contributed by atoms with Crippen molar-refractivity contribution >= 4 is 17.6 Å². The number of anilines is 1. The molecule has 0 spiro atoms. The molecule has 0 aliphatic heterocycles. The SMILES string of the molecule is CC(C)(C)c1ccc(Oc2ccc(NC(=O)CC3(CC(=O)O)CCCC3)cn2)cc1. The van der Waals surface area contributed by atoms with E-state index in [0.29, 0.717) is 17.3 Å². The predicted octanol–water partition coefficient (Wildman–Crippen LogP) is 5.54. The van der Waals surface area contributed by atoms with Gasteiger partial charge in [-0.3, -0.25) is 9.59 Å². The van der Waals surface area contributed by atoms with Gasteiger partial charge >= 0.3 is 5.97 Å². The molecular formula is C24H30N2O4. The second-order valence-electron chi connectivity index (χ2n) is 9.26. The van der Waals surface area contributed by atoms with Gasteiger partial charge in [-0.2, -0.15) is 0 Å². The average Bonchev–Trinajstić information content (AvgIpc) is 3.10. The Kier molecular flexibility index (Phi) is 6.44. The number of ether oxygens (including phenoxy) is 1. The van der Waals surface area contributed by atoms with E-state index in [0.717, 1.165) is 25.7 Å². The number of carbonyl (C=O) groups excluding carboxylic acids is 1. The van der Waals surface area contributed by atoms with Crippen LogP contribution in [-0.4, -0.2) is 22.0 Å². The number of nitrogens with zero attached hydrogens (tertiary/aromatic N) is 1. The van der Waals surface area contributed by atoms with E-state index in [9.17, 15) is 14.7 Å². The molecule has 1 fully saturated rings. The van der Waals surface area contributed by atoms with Crippen LogP contribution < -0.4 is 10.1 Å². The Morgan fingerprint density at radius 1 is 1.07 bits per heavy atom. The van der Waals surface area contributed by atoms with Gasteiger partial charge in [-0.1, -0.05) is 45.7 Å². The number of hydrogen-bond acceptors (Lipinski definition) is 4. The number of nitrogens with one attached hydrogen (secondary N) is 1. The molecule has 1 aromatic heterocycles. The molecule has 3 rings (SSSR count). The molecule has 2 N–H and O–H groups in total. The summed E-state index contributed by atoms with van der Waals surface area (Å²) in [6, 6.07) is 11.4. The molecule has 6 nitrogen and oxygen atoms in total. The van der Waals surface area contributed by atoms with E-state index in [4.69, 9.17) is 4.74 Å². The number of rotatable bonds is 7. The van der Waals surface area contributed by atoms with Crippen LogP contribution in [0.2, 0.25) is 0 Å². The summed E-state index contributed by atoms with van der Waals surface area (Å²) in [5, 5.41) is 12.0. The number of aliphatic carboxylic acids is 1. The standard InChI is InChI=1S/C24H30N2O4/c1-23(2,3)17-6-9-19(10-7-17)30-21-11-8-18(16-25-21)26-20(27)14-24(15-22(28)29)12-4-5-13-24/h6-11,16H,4-5,12-15H2,1-3H3,(H,26,27)(H,28,29). The highest BCUT2D eigenvalue weighted by atomic mass is 16.5. The van der Waals surface area contributed by atoms with Crippen molar-refractivity contribution in [3.63, 3.8) is 0 Å². The summed E-state index contributed by atoms with van der Waals surface area (Å²) in [4.78, 5) is 27.9. The third-order valence-corrected chi connectivity index (χ3v) is 5.69. The molecule has 6 heteroatoms. The number of carboxylic acid groups (broad SMARTS) is 1. The van der Waals surface area contributed by atoms with Crippen LogP contribution in [0, 0.1) is 5.41 Å². The number of benzene rings is 1.